The number of hydrogen-bond acceptors (Lipinski definition) is 8. The summed E-state index contributed by atoms with van der Waals surface area (Å²) in [6, 6.07) is 9.93. The van der Waals surface area contributed by atoms with Crippen LogP contribution in [0.2, 0.25) is 0 Å². The summed E-state index contributed by atoms with van der Waals surface area (Å²) < 4.78 is 10.2. The molecule has 9 heteroatoms. The van der Waals surface area contributed by atoms with Crippen molar-refractivity contribution < 1.29 is 18.7 Å². The van der Waals surface area contributed by atoms with Crippen LogP contribution < -0.4 is 5.32 Å². The molecule has 0 aliphatic rings. The van der Waals surface area contributed by atoms with E-state index in [4.69, 9.17) is 14.4 Å². The molecule has 0 saturated carbocycles. The molecule has 1 N–H and O–H groups in total. The Bertz CT molecular complexity index is 958. The van der Waals surface area contributed by atoms with Crippen molar-refractivity contribution in [3.63, 3.8) is 0 Å². The number of aromatic nitrogens is 2. The predicted octanol–water partition coefficient (Wildman–Crippen LogP) is 2.85. The molecule has 1 atom stereocenters. The fourth-order valence-corrected chi connectivity index (χ4v) is 2.78. The Labute approximate surface area is 152 Å². The topological polar surface area (TPSA) is 118 Å². The number of benzene rings is 1. The third-order valence-corrected chi connectivity index (χ3v) is 4.23. The van der Waals surface area contributed by atoms with E-state index >= 15 is 0 Å². The van der Waals surface area contributed by atoms with Crippen molar-refractivity contribution in [2.24, 2.45) is 0 Å². The molecule has 26 heavy (non-hydrogen) atoms. The molecule has 0 fully saturated rings. The molecule has 2 heterocycles. The number of nitrogens with zero attached hydrogens (tertiary/aromatic N) is 3. The quantitative estimate of drug-likeness (QED) is 0.688. The van der Waals surface area contributed by atoms with Gasteiger partial charge in [0, 0.05) is 5.56 Å². The van der Waals surface area contributed by atoms with E-state index in [0.717, 1.165) is 0 Å². The van der Waals surface area contributed by atoms with Gasteiger partial charge in [-0.15, -0.1) is 21.5 Å². The van der Waals surface area contributed by atoms with Gasteiger partial charge in [-0.25, -0.2) is 4.79 Å². The lowest BCUT2D eigenvalue weighted by Gasteiger charge is -2.13. The maximum atomic E-state index is 12.2. The van der Waals surface area contributed by atoms with Crippen molar-refractivity contribution >= 4 is 28.2 Å². The fraction of sp³-hybridized carbons (Fsp3) is 0.118. The smallest absolute Gasteiger partial charge is 0.338 e. The molecular formula is C17H12N4O4S. The zero-order valence-electron chi connectivity index (χ0n) is 13.5. The highest BCUT2D eigenvalue weighted by Crippen LogP contribution is 2.22. The molecule has 3 aromatic rings. The van der Waals surface area contributed by atoms with Gasteiger partial charge in [0.1, 0.15) is 11.1 Å². The van der Waals surface area contributed by atoms with Crippen molar-refractivity contribution in [2.75, 3.05) is 5.32 Å². The maximum absolute atomic E-state index is 12.2. The largest absolute Gasteiger partial charge is 0.449 e. The summed E-state index contributed by atoms with van der Waals surface area (Å²) in [6.45, 7) is 1.46. The highest BCUT2D eigenvalue weighted by molar-refractivity contribution is 7.14. The lowest BCUT2D eigenvalue weighted by molar-refractivity contribution is -0.123. The van der Waals surface area contributed by atoms with Gasteiger partial charge in [-0.05, 0) is 42.6 Å². The minimum atomic E-state index is -1.02. The van der Waals surface area contributed by atoms with E-state index in [1.54, 1.807) is 35.7 Å². The van der Waals surface area contributed by atoms with E-state index in [0.29, 0.717) is 22.0 Å². The van der Waals surface area contributed by atoms with Crippen molar-refractivity contribution in [1.82, 2.24) is 10.2 Å². The Morgan fingerprint density at radius 3 is 2.73 bits per heavy atom. The van der Waals surface area contributed by atoms with Gasteiger partial charge in [0.15, 0.2) is 6.10 Å². The van der Waals surface area contributed by atoms with Crippen molar-refractivity contribution in [2.45, 2.75) is 13.0 Å². The number of nitrogens with one attached hydrogen (secondary N) is 1. The number of esters is 1. The molecule has 0 aliphatic carbocycles. The second-order valence-corrected chi connectivity index (χ2v) is 6.05. The lowest BCUT2D eigenvalue weighted by Crippen LogP contribution is -2.29. The van der Waals surface area contributed by atoms with Crippen LogP contribution in [0.4, 0.5) is 5.00 Å². The van der Waals surface area contributed by atoms with Crippen molar-refractivity contribution in [1.29, 1.82) is 5.26 Å². The Balaban J connectivity index is 1.62. The summed E-state index contributed by atoms with van der Waals surface area (Å²) in [4.78, 5) is 24.3. The van der Waals surface area contributed by atoms with Gasteiger partial charge in [-0.1, -0.05) is 0 Å². The SMILES string of the molecule is C[C@H](OC(=O)c1ccc(-c2nnco2)cc1)C(=O)Nc1sccc1C#N. The standard InChI is InChI=1S/C17H12N4O4S/c1-10(14(22)20-16-13(8-18)6-7-26-16)25-17(23)12-4-2-11(3-5-12)15-21-19-9-24-15/h2-7,9-10H,1H3,(H,20,22)/t10-/m0/s1. The van der Waals surface area contributed by atoms with Gasteiger partial charge >= 0.3 is 5.97 Å². The molecule has 0 radical (unpaired) electrons. The van der Waals surface area contributed by atoms with E-state index in [1.807, 2.05) is 6.07 Å². The van der Waals surface area contributed by atoms with Gasteiger partial charge in [0.05, 0.1) is 11.1 Å². The van der Waals surface area contributed by atoms with Crippen LogP contribution in [-0.2, 0) is 9.53 Å². The first kappa shape index (κ1) is 17.3. The number of thiophene rings is 1. The Morgan fingerprint density at radius 2 is 2.08 bits per heavy atom. The number of ether oxygens (including phenoxy) is 1. The van der Waals surface area contributed by atoms with Crippen LogP contribution in [0.25, 0.3) is 11.5 Å². The second-order valence-electron chi connectivity index (χ2n) is 5.13. The first-order valence-electron chi connectivity index (χ1n) is 7.44. The zero-order chi connectivity index (χ0) is 18.5. The Kier molecular flexibility index (Phi) is 5.05. The molecule has 0 spiro atoms. The molecule has 130 valence electrons. The number of nitriles is 1. The van der Waals surface area contributed by atoms with E-state index in [-0.39, 0.29) is 5.56 Å². The van der Waals surface area contributed by atoms with E-state index < -0.39 is 18.0 Å². The lowest BCUT2D eigenvalue weighted by atomic mass is 10.1. The van der Waals surface area contributed by atoms with Gasteiger partial charge in [0.2, 0.25) is 12.3 Å². The average Bonchev–Trinajstić information content (AvgIpc) is 3.33. The minimum Gasteiger partial charge on any atom is -0.449 e. The van der Waals surface area contributed by atoms with E-state index in [9.17, 15) is 9.59 Å². The average molecular weight is 368 g/mol. The summed E-state index contributed by atoms with van der Waals surface area (Å²) in [5.74, 6) is -0.821. The third kappa shape index (κ3) is 3.76. The Morgan fingerprint density at radius 1 is 1.31 bits per heavy atom. The highest BCUT2D eigenvalue weighted by atomic mass is 32.1. The molecule has 8 nitrogen and oxygen atoms in total. The fourth-order valence-electron chi connectivity index (χ4n) is 2.04. The summed E-state index contributed by atoms with van der Waals surface area (Å²) >= 11 is 1.22. The van der Waals surface area contributed by atoms with Crippen LogP contribution in [0.15, 0.2) is 46.5 Å². The number of amides is 1. The summed E-state index contributed by atoms with van der Waals surface area (Å²) in [5, 5.41) is 21.0. The number of carbonyl (C=O) groups excluding carboxylic acids is 2. The van der Waals surface area contributed by atoms with Crippen LogP contribution in [0.1, 0.15) is 22.8 Å². The first-order chi connectivity index (χ1) is 12.6. The van der Waals surface area contributed by atoms with Gasteiger partial charge in [0.25, 0.3) is 5.91 Å². The molecule has 1 aromatic carbocycles. The third-order valence-electron chi connectivity index (χ3n) is 3.40. The monoisotopic (exact) mass is 368 g/mol. The zero-order valence-corrected chi connectivity index (χ0v) is 14.3. The molecule has 2 aromatic heterocycles. The predicted molar refractivity (Wildman–Crippen MR) is 92.3 cm³/mol. The summed E-state index contributed by atoms with van der Waals surface area (Å²) in [6.07, 6.45) is 0.190. The van der Waals surface area contributed by atoms with Crippen LogP contribution in [-0.4, -0.2) is 28.2 Å². The molecule has 0 bridgehead atoms. The van der Waals surface area contributed by atoms with Gasteiger partial charge < -0.3 is 14.5 Å². The van der Waals surface area contributed by atoms with E-state index in [1.165, 1.54) is 24.7 Å². The van der Waals surface area contributed by atoms with Crippen molar-refractivity contribution in [3.8, 4) is 17.5 Å². The minimum absolute atomic E-state index is 0.279. The number of rotatable bonds is 5. The molecule has 0 unspecified atom stereocenters. The molecule has 0 saturated heterocycles. The second kappa shape index (κ2) is 7.58. The molecule has 1 amide bonds. The normalized spacial score (nSPS) is 11.4. The number of hydrogen-bond donors (Lipinski definition) is 1. The number of carbonyl (C=O) groups is 2. The number of anilines is 1. The summed E-state index contributed by atoms with van der Waals surface area (Å²) in [5.41, 5.74) is 1.30. The highest BCUT2D eigenvalue weighted by Gasteiger charge is 2.20. The molecule has 3 rings (SSSR count). The van der Waals surface area contributed by atoms with E-state index in [2.05, 4.69) is 15.5 Å². The van der Waals surface area contributed by atoms with Gasteiger partial charge in [-0.3, -0.25) is 4.79 Å². The summed E-state index contributed by atoms with van der Waals surface area (Å²) in [7, 11) is 0. The Hall–Kier alpha value is -3.51. The van der Waals surface area contributed by atoms with Crippen LogP contribution >= 0.6 is 11.3 Å². The first-order valence-corrected chi connectivity index (χ1v) is 8.32. The van der Waals surface area contributed by atoms with Crippen LogP contribution in [0.5, 0.6) is 0 Å². The molecular weight excluding hydrogens is 356 g/mol. The van der Waals surface area contributed by atoms with Crippen LogP contribution in [0.3, 0.4) is 0 Å². The maximum Gasteiger partial charge on any atom is 0.338 e. The molecule has 0 aliphatic heterocycles. The van der Waals surface area contributed by atoms with Crippen molar-refractivity contribution in [3.05, 3.63) is 53.2 Å². The van der Waals surface area contributed by atoms with Gasteiger partial charge in [-0.2, -0.15) is 5.26 Å². The van der Waals surface area contributed by atoms with Crippen LogP contribution in [0, 0.1) is 11.3 Å².